The molecule has 41 heavy (non-hydrogen) atoms. The summed E-state index contributed by atoms with van der Waals surface area (Å²) in [7, 11) is 1.58. The molecule has 0 aliphatic rings. The number of nitrogens with one attached hydrogen (secondary N) is 4. The quantitative estimate of drug-likeness (QED) is 0.150. The first-order valence-electron chi connectivity index (χ1n) is 13.2. The highest BCUT2D eigenvalue weighted by Gasteiger charge is 2.30. The minimum atomic E-state index is -1.24. The highest BCUT2D eigenvalue weighted by atomic mass is 32.1. The molecule has 224 valence electrons. The third-order valence-electron chi connectivity index (χ3n) is 6.04. The normalized spacial score (nSPS) is 13.0. The largest absolute Gasteiger partial charge is 0.497 e. The van der Waals surface area contributed by atoms with Crippen molar-refractivity contribution in [3.63, 3.8) is 0 Å². The summed E-state index contributed by atoms with van der Waals surface area (Å²) in [6, 6.07) is 7.07. The van der Waals surface area contributed by atoms with Crippen LogP contribution in [-0.4, -0.2) is 72.2 Å². The Bertz CT molecular complexity index is 1150. The molecule has 0 saturated carbocycles. The standard InChI is InChI=1S/C28H38N4O8S/c1-17(2)15-21(31-26(36)20(10-11-24(33)34)30-28(38)23-5-4-14-40-23)27(37)32-22(16-41)25(35)29-13-12-18-6-8-19(39-3)9-7-18/h4-9,14,17,20-22,41H,10-13,15-16H2,1-3H3,(H,29,35)(H,30,38)(H,31,36)(H,32,37)(H,33,34)/t20-,21-,22-/m0/s1. The third-order valence-corrected chi connectivity index (χ3v) is 6.41. The van der Waals surface area contributed by atoms with Gasteiger partial charge in [-0.15, -0.1) is 0 Å². The number of carboxylic acid groups (broad SMARTS) is 1. The molecule has 1 aromatic heterocycles. The second-order valence-corrected chi connectivity index (χ2v) is 10.1. The van der Waals surface area contributed by atoms with Crippen LogP contribution in [0, 0.1) is 5.92 Å². The average Bonchev–Trinajstić information content (AvgIpc) is 3.48. The van der Waals surface area contributed by atoms with E-state index in [9.17, 15) is 24.0 Å². The Kier molecular flexibility index (Phi) is 13.7. The number of carbonyl (C=O) groups is 5. The Labute approximate surface area is 244 Å². The molecule has 4 amide bonds. The molecule has 0 unspecified atom stereocenters. The van der Waals surface area contributed by atoms with Gasteiger partial charge in [0, 0.05) is 18.7 Å². The molecule has 3 atom stereocenters. The molecule has 0 fully saturated rings. The summed E-state index contributed by atoms with van der Waals surface area (Å²) in [6.07, 6.45) is 1.48. The van der Waals surface area contributed by atoms with Crippen LogP contribution in [0.4, 0.5) is 0 Å². The van der Waals surface area contributed by atoms with Crippen LogP contribution < -0.4 is 26.0 Å². The highest BCUT2D eigenvalue weighted by molar-refractivity contribution is 7.80. The summed E-state index contributed by atoms with van der Waals surface area (Å²) in [5, 5.41) is 19.6. The number of hydrogen-bond acceptors (Lipinski definition) is 8. The lowest BCUT2D eigenvalue weighted by atomic mass is 10.0. The first-order chi connectivity index (χ1) is 19.5. The molecule has 0 radical (unpaired) electrons. The zero-order valence-corrected chi connectivity index (χ0v) is 24.2. The number of hydrogen-bond donors (Lipinski definition) is 6. The molecule has 1 aromatic carbocycles. The van der Waals surface area contributed by atoms with E-state index in [4.69, 9.17) is 14.3 Å². The van der Waals surface area contributed by atoms with E-state index in [0.29, 0.717) is 13.0 Å². The fourth-order valence-corrected chi connectivity index (χ4v) is 4.12. The maximum Gasteiger partial charge on any atom is 0.303 e. The van der Waals surface area contributed by atoms with Crippen LogP contribution in [0.2, 0.25) is 0 Å². The summed E-state index contributed by atoms with van der Waals surface area (Å²) >= 11 is 4.21. The van der Waals surface area contributed by atoms with Crippen LogP contribution in [-0.2, 0) is 25.6 Å². The van der Waals surface area contributed by atoms with Crippen molar-refractivity contribution >= 4 is 42.2 Å². The third kappa shape index (κ3) is 11.6. The molecule has 0 spiro atoms. The molecule has 12 nitrogen and oxygen atoms in total. The molecule has 0 saturated heterocycles. The molecule has 2 aromatic rings. The van der Waals surface area contributed by atoms with E-state index in [0.717, 1.165) is 11.3 Å². The van der Waals surface area contributed by atoms with Gasteiger partial charge in [0.1, 0.15) is 23.9 Å². The van der Waals surface area contributed by atoms with Gasteiger partial charge in [0.2, 0.25) is 17.7 Å². The predicted octanol–water partition coefficient (Wildman–Crippen LogP) is 1.56. The number of rotatable bonds is 17. The van der Waals surface area contributed by atoms with Crippen molar-refractivity contribution in [2.45, 2.75) is 57.7 Å². The van der Waals surface area contributed by atoms with Crippen molar-refractivity contribution < 1.29 is 38.2 Å². The van der Waals surface area contributed by atoms with E-state index >= 15 is 0 Å². The summed E-state index contributed by atoms with van der Waals surface area (Å²) in [6.45, 7) is 4.04. The molecule has 0 bridgehead atoms. The fourth-order valence-electron chi connectivity index (χ4n) is 3.86. The Hall–Kier alpha value is -4.00. The van der Waals surface area contributed by atoms with E-state index < -0.39 is 54.1 Å². The highest BCUT2D eigenvalue weighted by Crippen LogP contribution is 2.12. The lowest BCUT2D eigenvalue weighted by molar-refractivity contribution is -0.137. The second kappa shape index (κ2) is 17.0. The van der Waals surface area contributed by atoms with Gasteiger partial charge >= 0.3 is 5.97 Å². The molecular weight excluding hydrogens is 552 g/mol. The molecular formula is C28H38N4O8S. The van der Waals surface area contributed by atoms with Gasteiger partial charge in [0.05, 0.1) is 13.4 Å². The molecule has 5 N–H and O–H groups in total. The molecule has 13 heteroatoms. The van der Waals surface area contributed by atoms with Crippen molar-refractivity contribution in [1.82, 2.24) is 21.3 Å². The lowest BCUT2D eigenvalue weighted by Crippen LogP contribution is -2.57. The fraction of sp³-hybridized carbons (Fsp3) is 0.464. The zero-order valence-electron chi connectivity index (χ0n) is 23.3. The van der Waals surface area contributed by atoms with E-state index in [1.807, 2.05) is 38.1 Å². The van der Waals surface area contributed by atoms with Gasteiger partial charge in [-0.1, -0.05) is 26.0 Å². The Morgan fingerprint density at radius 1 is 0.927 bits per heavy atom. The SMILES string of the molecule is COc1ccc(CCNC(=O)[C@H](CS)NC(=O)[C@H](CC(C)C)NC(=O)[C@H](CCC(=O)O)NC(=O)c2ccco2)cc1. The minimum Gasteiger partial charge on any atom is -0.497 e. The summed E-state index contributed by atoms with van der Waals surface area (Å²) in [4.78, 5) is 62.7. The van der Waals surface area contributed by atoms with Crippen LogP contribution in [0.25, 0.3) is 0 Å². The number of thiol groups is 1. The molecule has 0 aliphatic heterocycles. The number of carbonyl (C=O) groups excluding carboxylic acids is 4. The monoisotopic (exact) mass is 590 g/mol. The number of ether oxygens (including phenoxy) is 1. The van der Waals surface area contributed by atoms with Crippen LogP contribution in [0.3, 0.4) is 0 Å². The maximum absolute atomic E-state index is 13.2. The molecule has 0 aliphatic carbocycles. The Morgan fingerprint density at radius 2 is 1.59 bits per heavy atom. The summed E-state index contributed by atoms with van der Waals surface area (Å²) in [5.41, 5.74) is 0.994. The molecule has 2 rings (SSSR count). The number of carboxylic acids is 1. The van der Waals surface area contributed by atoms with Crippen molar-refractivity contribution in [1.29, 1.82) is 0 Å². The van der Waals surface area contributed by atoms with Crippen LogP contribution >= 0.6 is 12.6 Å². The predicted molar refractivity (Wildman–Crippen MR) is 154 cm³/mol. The van der Waals surface area contributed by atoms with Crippen molar-refractivity contribution in [3.05, 3.63) is 54.0 Å². The number of aliphatic carboxylic acids is 1. The van der Waals surface area contributed by atoms with Crippen molar-refractivity contribution in [2.24, 2.45) is 5.92 Å². The topological polar surface area (TPSA) is 176 Å². The zero-order chi connectivity index (χ0) is 30.4. The molecule has 1 heterocycles. The van der Waals surface area contributed by atoms with Gasteiger partial charge in [-0.3, -0.25) is 24.0 Å². The van der Waals surface area contributed by atoms with Gasteiger partial charge in [-0.2, -0.15) is 12.6 Å². The number of furan rings is 1. The number of methoxy groups -OCH3 is 1. The van der Waals surface area contributed by atoms with Crippen LogP contribution in [0.15, 0.2) is 47.1 Å². The number of benzene rings is 1. The van der Waals surface area contributed by atoms with E-state index in [2.05, 4.69) is 33.9 Å². The van der Waals surface area contributed by atoms with E-state index in [1.54, 1.807) is 7.11 Å². The maximum atomic E-state index is 13.2. The van der Waals surface area contributed by atoms with E-state index in [1.165, 1.54) is 18.4 Å². The van der Waals surface area contributed by atoms with E-state index in [-0.39, 0.29) is 30.3 Å². The smallest absolute Gasteiger partial charge is 0.303 e. The number of amides is 4. The van der Waals surface area contributed by atoms with Gasteiger partial charge in [0.25, 0.3) is 5.91 Å². The van der Waals surface area contributed by atoms with Gasteiger partial charge in [-0.25, -0.2) is 0 Å². The Balaban J connectivity index is 2.02. The minimum absolute atomic E-state index is 0.0168. The van der Waals surface area contributed by atoms with Crippen molar-refractivity contribution in [2.75, 3.05) is 19.4 Å². The van der Waals surface area contributed by atoms with Crippen molar-refractivity contribution in [3.8, 4) is 5.75 Å². The van der Waals surface area contributed by atoms with Gasteiger partial charge < -0.3 is 35.5 Å². The second-order valence-electron chi connectivity index (χ2n) is 9.76. The van der Waals surface area contributed by atoms with Crippen LogP contribution in [0.1, 0.15) is 49.2 Å². The first kappa shape index (κ1) is 33.2. The summed E-state index contributed by atoms with van der Waals surface area (Å²) in [5.74, 6) is -2.95. The van der Waals surface area contributed by atoms with Gasteiger partial charge in [-0.05, 0) is 55.0 Å². The summed E-state index contributed by atoms with van der Waals surface area (Å²) < 4.78 is 10.2. The van der Waals surface area contributed by atoms with Gasteiger partial charge in [0.15, 0.2) is 5.76 Å². The Morgan fingerprint density at radius 3 is 2.15 bits per heavy atom. The average molecular weight is 591 g/mol. The van der Waals surface area contributed by atoms with Crippen LogP contribution in [0.5, 0.6) is 5.75 Å². The first-order valence-corrected chi connectivity index (χ1v) is 13.9. The lowest BCUT2D eigenvalue weighted by Gasteiger charge is -2.25.